The first-order chi connectivity index (χ1) is 11.6. The van der Waals surface area contributed by atoms with Crippen LogP contribution in [0.1, 0.15) is 26.4 Å². The molecule has 0 saturated heterocycles. The molecule has 2 heterocycles. The molecule has 3 rings (SSSR count). The molecule has 1 amide bonds. The number of carbonyl (C=O) groups excluding carboxylic acids is 1. The first-order valence-electron chi connectivity index (χ1n) is 7.07. The second kappa shape index (κ2) is 6.33. The number of carboxylic acid groups (broad SMARTS) is 1. The highest BCUT2D eigenvalue weighted by atomic mass is 16.5. The van der Waals surface area contributed by atoms with Crippen molar-refractivity contribution in [2.75, 3.05) is 5.32 Å². The summed E-state index contributed by atoms with van der Waals surface area (Å²) in [6.07, 6.45) is 3.22. The number of nitrogens with zero attached hydrogens (tertiary/aromatic N) is 2. The van der Waals surface area contributed by atoms with Crippen molar-refractivity contribution in [3.8, 4) is 11.3 Å². The van der Waals surface area contributed by atoms with Crippen molar-refractivity contribution in [2.45, 2.75) is 6.92 Å². The van der Waals surface area contributed by atoms with Gasteiger partial charge in [-0.05, 0) is 36.8 Å². The standard InChI is InChI=1S/C17H13N3O4/c1-10-12(17(22)23)3-2-4-13(10)19-16(21)14-9-15(24-20-14)11-5-7-18-8-6-11/h2-9H,1H3,(H,19,21)(H,22,23). The summed E-state index contributed by atoms with van der Waals surface area (Å²) >= 11 is 0. The van der Waals surface area contributed by atoms with Gasteiger partial charge in [0.1, 0.15) is 0 Å². The lowest BCUT2D eigenvalue weighted by Crippen LogP contribution is -2.14. The number of carboxylic acids is 1. The van der Waals surface area contributed by atoms with Crippen LogP contribution in [0.3, 0.4) is 0 Å². The lowest BCUT2D eigenvalue weighted by Gasteiger charge is -2.09. The number of carbonyl (C=O) groups is 2. The average molecular weight is 323 g/mol. The molecule has 3 aromatic rings. The van der Waals surface area contributed by atoms with Crippen molar-refractivity contribution in [3.63, 3.8) is 0 Å². The van der Waals surface area contributed by atoms with Gasteiger partial charge in [-0.1, -0.05) is 11.2 Å². The summed E-state index contributed by atoms with van der Waals surface area (Å²) in [5.41, 5.74) is 1.86. The zero-order chi connectivity index (χ0) is 17.1. The van der Waals surface area contributed by atoms with Gasteiger partial charge in [0.2, 0.25) is 0 Å². The summed E-state index contributed by atoms with van der Waals surface area (Å²) in [5.74, 6) is -1.09. The maximum absolute atomic E-state index is 12.3. The maximum atomic E-state index is 12.3. The van der Waals surface area contributed by atoms with Gasteiger partial charge in [0.25, 0.3) is 5.91 Å². The van der Waals surface area contributed by atoms with Crippen LogP contribution in [0.4, 0.5) is 5.69 Å². The summed E-state index contributed by atoms with van der Waals surface area (Å²) in [4.78, 5) is 27.4. The molecule has 0 spiro atoms. The zero-order valence-electron chi connectivity index (χ0n) is 12.7. The molecular weight excluding hydrogens is 310 g/mol. The van der Waals surface area contributed by atoms with E-state index in [0.29, 0.717) is 17.0 Å². The normalized spacial score (nSPS) is 10.4. The third-order valence-electron chi connectivity index (χ3n) is 3.52. The van der Waals surface area contributed by atoms with Crippen molar-refractivity contribution >= 4 is 17.6 Å². The lowest BCUT2D eigenvalue weighted by atomic mass is 10.1. The Balaban J connectivity index is 1.83. The fourth-order valence-corrected chi connectivity index (χ4v) is 2.22. The van der Waals surface area contributed by atoms with Crippen LogP contribution in [0.25, 0.3) is 11.3 Å². The van der Waals surface area contributed by atoms with Crippen LogP contribution >= 0.6 is 0 Å². The Morgan fingerprint density at radius 1 is 1.17 bits per heavy atom. The summed E-state index contributed by atoms with van der Waals surface area (Å²) in [7, 11) is 0. The Hall–Kier alpha value is -3.48. The van der Waals surface area contributed by atoms with Crippen LogP contribution in [0.15, 0.2) is 53.3 Å². The Bertz CT molecular complexity index is 903. The fraction of sp³-hybridized carbons (Fsp3) is 0.0588. The van der Waals surface area contributed by atoms with Crippen molar-refractivity contribution in [1.82, 2.24) is 10.1 Å². The van der Waals surface area contributed by atoms with E-state index in [1.54, 1.807) is 43.6 Å². The third kappa shape index (κ3) is 3.00. The summed E-state index contributed by atoms with van der Waals surface area (Å²) in [6.45, 7) is 1.63. The first kappa shape index (κ1) is 15.4. The number of hydrogen-bond donors (Lipinski definition) is 2. The number of anilines is 1. The number of pyridine rings is 1. The zero-order valence-corrected chi connectivity index (χ0v) is 12.7. The van der Waals surface area contributed by atoms with Gasteiger partial charge < -0.3 is 14.9 Å². The van der Waals surface area contributed by atoms with Crippen LogP contribution in [-0.4, -0.2) is 27.1 Å². The van der Waals surface area contributed by atoms with E-state index in [2.05, 4.69) is 15.5 Å². The third-order valence-corrected chi connectivity index (χ3v) is 3.52. The Kier molecular flexibility index (Phi) is 4.07. The minimum Gasteiger partial charge on any atom is -0.478 e. The number of aromatic nitrogens is 2. The van der Waals surface area contributed by atoms with E-state index in [9.17, 15) is 9.59 Å². The van der Waals surface area contributed by atoms with E-state index >= 15 is 0 Å². The van der Waals surface area contributed by atoms with E-state index in [-0.39, 0.29) is 11.3 Å². The highest BCUT2D eigenvalue weighted by Gasteiger charge is 2.16. The first-order valence-corrected chi connectivity index (χ1v) is 7.07. The maximum Gasteiger partial charge on any atom is 0.336 e. The minimum absolute atomic E-state index is 0.0990. The molecule has 2 aromatic heterocycles. The summed E-state index contributed by atoms with van der Waals surface area (Å²) < 4.78 is 5.17. The molecule has 1 aromatic carbocycles. The quantitative estimate of drug-likeness (QED) is 0.764. The molecule has 0 aliphatic heterocycles. The fourth-order valence-electron chi connectivity index (χ4n) is 2.22. The number of hydrogen-bond acceptors (Lipinski definition) is 5. The van der Waals surface area contributed by atoms with E-state index in [4.69, 9.17) is 9.63 Å². The monoisotopic (exact) mass is 323 g/mol. The topological polar surface area (TPSA) is 105 Å². The van der Waals surface area contributed by atoms with E-state index in [1.807, 2.05) is 0 Å². The average Bonchev–Trinajstić information content (AvgIpc) is 3.07. The van der Waals surface area contributed by atoms with Gasteiger partial charge >= 0.3 is 5.97 Å². The predicted molar refractivity (Wildman–Crippen MR) is 85.8 cm³/mol. The molecular formula is C17H13N3O4. The minimum atomic E-state index is -1.05. The Morgan fingerprint density at radius 3 is 2.62 bits per heavy atom. The second-order valence-corrected chi connectivity index (χ2v) is 5.05. The Labute approximate surface area is 136 Å². The van der Waals surface area contributed by atoms with Crippen LogP contribution in [0, 0.1) is 6.92 Å². The van der Waals surface area contributed by atoms with Crippen molar-refractivity contribution in [1.29, 1.82) is 0 Å². The summed E-state index contributed by atoms with van der Waals surface area (Å²) in [6, 6.07) is 9.66. The smallest absolute Gasteiger partial charge is 0.336 e. The molecule has 0 fully saturated rings. The van der Waals surface area contributed by atoms with Gasteiger partial charge in [0, 0.05) is 29.7 Å². The molecule has 0 aliphatic carbocycles. The van der Waals surface area contributed by atoms with Gasteiger partial charge in [0.15, 0.2) is 11.5 Å². The molecule has 0 unspecified atom stereocenters. The van der Waals surface area contributed by atoms with Crippen molar-refractivity contribution in [2.24, 2.45) is 0 Å². The molecule has 2 N–H and O–H groups in total. The van der Waals surface area contributed by atoms with Gasteiger partial charge in [0.05, 0.1) is 5.56 Å². The molecule has 120 valence electrons. The molecule has 7 nitrogen and oxygen atoms in total. The largest absolute Gasteiger partial charge is 0.478 e. The molecule has 0 radical (unpaired) electrons. The van der Waals surface area contributed by atoms with E-state index < -0.39 is 11.9 Å². The highest BCUT2D eigenvalue weighted by Crippen LogP contribution is 2.22. The lowest BCUT2D eigenvalue weighted by molar-refractivity contribution is 0.0695. The molecule has 0 aliphatic rings. The van der Waals surface area contributed by atoms with Crippen molar-refractivity contribution in [3.05, 3.63) is 65.6 Å². The summed E-state index contributed by atoms with van der Waals surface area (Å²) in [5, 5.41) is 15.5. The van der Waals surface area contributed by atoms with Gasteiger partial charge in [-0.15, -0.1) is 0 Å². The highest BCUT2D eigenvalue weighted by molar-refractivity contribution is 6.04. The van der Waals surface area contributed by atoms with Crippen LogP contribution in [-0.2, 0) is 0 Å². The number of nitrogens with one attached hydrogen (secondary N) is 1. The Morgan fingerprint density at radius 2 is 1.92 bits per heavy atom. The number of rotatable bonds is 4. The molecule has 0 atom stereocenters. The molecule has 7 heteroatoms. The SMILES string of the molecule is Cc1c(NC(=O)c2cc(-c3ccncc3)on2)cccc1C(=O)O. The second-order valence-electron chi connectivity index (χ2n) is 5.05. The van der Waals surface area contributed by atoms with Gasteiger partial charge in [-0.25, -0.2) is 4.79 Å². The predicted octanol–water partition coefficient (Wildman–Crippen LogP) is 3.00. The number of benzene rings is 1. The van der Waals surface area contributed by atoms with Crippen LogP contribution in [0.5, 0.6) is 0 Å². The van der Waals surface area contributed by atoms with Gasteiger partial charge in [-0.3, -0.25) is 9.78 Å². The molecule has 0 saturated carbocycles. The number of aromatic carboxylic acids is 1. The molecule has 24 heavy (non-hydrogen) atoms. The van der Waals surface area contributed by atoms with Crippen molar-refractivity contribution < 1.29 is 19.2 Å². The van der Waals surface area contributed by atoms with Crippen LogP contribution < -0.4 is 5.32 Å². The molecule has 0 bridgehead atoms. The van der Waals surface area contributed by atoms with E-state index in [1.165, 1.54) is 12.1 Å². The van der Waals surface area contributed by atoms with E-state index in [0.717, 1.165) is 5.56 Å². The van der Waals surface area contributed by atoms with Gasteiger partial charge in [-0.2, -0.15) is 0 Å². The number of amides is 1. The van der Waals surface area contributed by atoms with Crippen LogP contribution in [0.2, 0.25) is 0 Å².